The van der Waals surface area contributed by atoms with Crippen LogP contribution in [-0.2, 0) is 16.0 Å². The lowest BCUT2D eigenvalue weighted by Crippen LogP contribution is -2.50. The summed E-state index contributed by atoms with van der Waals surface area (Å²) in [6, 6.07) is 6.02. The summed E-state index contributed by atoms with van der Waals surface area (Å²) < 4.78 is 0. The minimum Gasteiger partial charge on any atom is -0.354 e. The van der Waals surface area contributed by atoms with Gasteiger partial charge in [0.25, 0.3) is 5.69 Å². The number of likely N-dealkylation sites (tertiary alicyclic amines) is 1. The highest BCUT2D eigenvalue weighted by Gasteiger charge is 2.26. The molecule has 1 heterocycles. The average molecular weight is 385 g/mol. The number of piperidine rings is 1. The Morgan fingerprint density at radius 3 is 2.58 bits per heavy atom. The Kier molecular flexibility index (Phi) is 9.01. The van der Waals surface area contributed by atoms with Crippen LogP contribution in [0.25, 0.3) is 0 Å². The molecule has 1 fully saturated rings. The monoisotopic (exact) mass is 384 g/mol. The number of benzene rings is 1. The number of hydrogen-bond donors (Lipinski definition) is 2. The van der Waals surface area contributed by atoms with Gasteiger partial charge in [-0.2, -0.15) is 0 Å². The molecule has 1 unspecified atom stereocenters. The maximum absolute atomic E-state index is 12.6. The van der Waals surface area contributed by atoms with E-state index >= 15 is 0 Å². The summed E-state index contributed by atoms with van der Waals surface area (Å²) in [7, 11) is 0. The van der Waals surface area contributed by atoms with E-state index < -0.39 is 4.92 Å². The number of nitro benzene ring substituents is 1. The predicted octanol–water partition coefficient (Wildman–Crippen LogP) is 1.41. The molecule has 0 aliphatic carbocycles. The lowest BCUT2D eigenvalue weighted by atomic mass is 10.0. The van der Waals surface area contributed by atoms with Crippen molar-refractivity contribution in [2.75, 3.05) is 19.6 Å². The molecule has 1 aliphatic rings. The van der Waals surface area contributed by atoms with Crippen molar-refractivity contribution in [2.24, 2.45) is 5.73 Å². The van der Waals surface area contributed by atoms with E-state index in [1.54, 1.807) is 12.1 Å². The van der Waals surface area contributed by atoms with Crippen LogP contribution in [0, 0.1) is 10.1 Å². The van der Waals surface area contributed by atoms with Crippen molar-refractivity contribution in [3.63, 3.8) is 0 Å². The molecule has 9 heteroatoms. The van der Waals surface area contributed by atoms with E-state index in [2.05, 4.69) is 5.32 Å². The number of non-ortho nitro benzene ring substituents is 1. The van der Waals surface area contributed by atoms with Gasteiger partial charge in [0.1, 0.15) is 0 Å². The SMILES string of the molecule is Cl.NCCC(=O)NCC1CCCCN1C(=O)Cc1ccc([N+](=O)[O-])cc1. The molecular weight excluding hydrogens is 360 g/mol. The van der Waals surface area contributed by atoms with Gasteiger partial charge in [-0.25, -0.2) is 0 Å². The molecule has 0 spiro atoms. The normalized spacial score (nSPS) is 16.5. The minimum absolute atomic E-state index is 0. The van der Waals surface area contributed by atoms with Crippen molar-refractivity contribution in [3.8, 4) is 0 Å². The molecule has 2 rings (SSSR count). The van der Waals surface area contributed by atoms with E-state index in [0.29, 0.717) is 19.6 Å². The summed E-state index contributed by atoms with van der Waals surface area (Å²) in [5.41, 5.74) is 6.11. The zero-order chi connectivity index (χ0) is 18.2. The van der Waals surface area contributed by atoms with Gasteiger partial charge in [-0.1, -0.05) is 12.1 Å². The van der Waals surface area contributed by atoms with Crippen LogP contribution < -0.4 is 11.1 Å². The number of carbonyl (C=O) groups is 2. The lowest BCUT2D eigenvalue weighted by molar-refractivity contribution is -0.384. The zero-order valence-corrected chi connectivity index (χ0v) is 15.4. The second-order valence-electron chi connectivity index (χ2n) is 6.18. The molecule has 1 aromatic carbocycles. The van der Waals surface area contributed by atoms with Crippen LogP contribution in [0.3, 0.4) is 0 Å². The topological polar surface area (TPSA) is 119 Å². The molecule has 144 valence electrons. The van der Waals surface area contributed by atoms with Crippen LogP contribution in [0.15, 0.2) is 24.3 Å². The lowest BCUT2D eigenvalue weighted by Gasteiger charge is -2.36. The van der Waals surface area contributed by atoms with Gasteiger partial charge in [-0.05, 0) is 24.8 Å². The molecule has 3 N–H and O–H groups in total. The van der Waals surface area contributed by atoms with Crippen molar-refractivity contribution in [1.29, 1.82) is 0 Å². The summed E-state index contributed by atoms with van der Waals surface area (Å²) in [5, 5.41) is 13.5. The first-order chi connectivity index (χ1) is 12.0. The third kappa shape index (κ3) is 6.27. The molecule has 1 aromatic rings. The molecule has 0 aromatic heterocycles. The number of amides is 2. The molecule has 8 nitrogen and oxygen atoms in total. The summed E-state index contributed by atoms with van der Waals surface area (Å²) in [6.07, 6.45) is 3.31. The molecule has 0 bridgehead atoms. The van der Waals surface area contributed by atoms with Crippen LogP contribution in [0.5, 0.6) is 0 Å². The van der Waals surface area contributed by atoms with Gasteiger partial charge < -0.3 is 16.0 Å². The fraction of sp³-hybridized carbons (Fsp3) is 0.529. The summed E-state index contributed by atoms with van der Waals surface area (Å²) in [5.74, 6) is -0.123. The van der Waals surface area contributed by atoms with Crippen molar-refractivity contribution in [3.05, 3.63) is 39.9 Å². The van der Waals surface area contributed by atoms with Gasteiger partial charge in [-0.3, -0.25) is 19.7 Å². The first-order valence-corrected chi connectivity index (χ1v) is 8.51. The second-order valence-corrected chi connectivity index (χ2v) is 6.18. The van der Waals surface area contributed by atoms with Crippen molar-refractivity contribution >= 4 is 29.9 Å². The molecule has 2 amide bonds. The van der Waals surface area contributed by atoms with Gasteiger partial charge in [0.15, 0.2) is 0 Å². The first kappa shape index (κ1) is 21.9. The Hall–Kier alpha value is -2.19. The summed E-state index contributed by atoms with van der Waals surface area (Å²) >= 11 is 0. The highest BCUT2D eigenvalue weighted by atomic mass is 35.5. The average Bonchev–Trinajstić information content (AvgIpc) is 2.61. The molecule has 1 atom stereocenters. The van der Waals surface area contributed by atoms with E-state index in [9.17, 15) is 19.7 Å². The molecule has 0 saturated carbocycles. The number of nitro groups is 1. The van der Waals surface area contributed by atoms with Crippen molar-refractivity contribution < 1.29 is 14.5 Å². The quantitative estimate of drug-likeness (QED) is 0.544. The Morgan fingerprint density at radius 2 is 1.96 bits per heavy atom. The van der Waals surface area contributed by atoms with Crippen LogP contribution in [0.1, 0.15) is 31.2 Å². The van der Waals surface area contributed by atoms with E-state index in [0.717, 1.165) is 24.8 Å². The number of nitrogens with one attached hydrogen (secondary N) is 1. The molecule has 26 heavy (non-hydrogen) atoms. The molecular formula is C17H25ClN4O4. The smallest absolute Gasteiger partial charge is 0.269 e. The highest BCUT2D eigenvalue weighted by molar-refractivity contribution is 5.85. The van der Waals surface area contributed by atoms with Crippen molar-refractivity contribution in [1.82, 2.24) is 10.2 Å². The standard InChI is InChI=1S/C17H24N4O4.ClH/c18-9-8-16(22)19-12-15-3-1-2-10-20(15)17(23)11-13-4-6-14(7-5-13)21(24)25;/h4-7,15H,1-3,8-12,18H2,(H,19,22);1H. The number of carbonyl (C=O) groups excluding carboxylic acids is 2. The fourth-order valence-corrected chi connectivity index (χ4v) is 3.00. The predicted molar refractivity (Wildman–Crippen MR) is 100 cm³/mol. The van der Waals surface area contributed by atoms with Crippen molar-refractivity contribution in [2.45, 2.75) is 38.1 Å². The van der Waals surface area contributed by atoms with E-state index in [1.807, 2.05) is 4.90 Å². The van der Waals surface area contributed by atoms with Crippen LogP contribution in [0.2, 0.25) is 0 Å². The van der Waals surface area contributed by atoms with E-state index in [4.69, 9.17) is 5.73 Å². The maximum atomic E-state index is 12.6. The fourth-order valence-electron chi connectivity index (χ4n) is 3.00. The Labute approximate surface area is 158 Å². The van der Waals surface area contributed by atoms with Crippen LogP contribution in [0.4, 0.5) is 5.69 Å². The molecule has 0 radical (unpaired) electrons. The second kappa shape index (κ2) is 10.7. The van der Waals surface area contributed by atoms with E-state index in [-0.39, 0.29) is 48.8 Å². The van der Waals surface area contributed by atoms with Gasteiger partial charge in [0.2, 0.25) is 11.8 Å². The number of rotatable bonds is 7. The third-order valence-electron chi connectivity index (χ3n) is 4.36. The Morgan fingerprint density at radius 1 is 1.27 bits per heavy atom. The number of nitrogens with zero attached hydrogens (tertiary/aromatic N) is 2. The summed E-state index contributed by atoms with van der Waals surface area (Å²) in [6.45, 7) is 1.41. The van der Waals surface area contributed by atoms with E-state index in [1.165, 1.54) is 12.1 Å². The van der Waals surface area contributed by atoms with Crippen LogP contribution >= 0.6 is 12.4 Å². The zero-order valence-electron chi connectivity index (χ0n) is 14.6. The number of nitrogens with two attached hydrogens (primary N) is 1. The Bertz CT molecular complexity index is 624. The van der Waals surface area contributed by atoms with Gasteiger partial charge in [-0.15, -0.1) is 12.4 Å². The van der Waals surface area contributed by atoms with Gasteiger partial charge >= 0.3 is 0 Å². The van der Waals surface area contributed by atoms with Gasteiger partial charge in [0.05, 0.1) is 11.3 Å². The van der Waals surface area contributed by atoms with Crippen LogP contribution in [-0.4, -0.2) is 47.3 Å². The highest BCUT2D eigenvalue weighted by Crippen LogP contribution is 2.19. The number of hydrogen-bond acceptors (Lipinski definition) is 5. The third-order valence-corrected chi connectivity index (χ3v) is 4.36. The van der Waals surface area contributed by atoms with Gasteiger partial charge in [0, 0.05) is 44.2 Å². The Balaban J connectivity index is 0.00000338. The maximum Gasteiger partial charge on any atom is 0.269 e. The molecule has 1 saturated heterocycles. The minimum atomic E-state index is -0.462. The first-order valence-electron chi connectivity index (χ1n) is 8.51. The largest absolute Gasteiger partial charge is 0.354 e. The summed E-state index contributed by atoms with van der Waals surface area (Å²) in [4.78, 5) is 36.3. The molecule has 1 aliphatic heterocycles. The number of halogens is 1.